The highest BCUT2D eigenvalue weighted by molar-refractivity contribution is 7.89. The van der Waals surface area contributed by atoms with E-state index < -0.39 is 10.0 Å². The van der Waals surface area contributed by atoms with Gasteiger partial charge in [0.2, 0.25) is 10.0 Å². The number of thiophene rings is 1. The summed E-state index contributed by atoms with van der Waals surface area (Å²) in [5.74, 6) is 0. The Morgan fingerprint density at radius 1 is 1.24 bits per heavy atom. The molecule has 114 valence electrons. The van der Waals surface area contributed by atoms with Gasteiger partial charge in [-0.3, -0.25) is 0 Å². The van der Waals surface area contributed by atoms with Crippen molar-refractivity contribution in [3.05, 3.63) is 51.7 Å². The molecular weight excluding hydrogens is 304 g/mol. The van der Waals surface area contributed by atoms with E-state index in [1.165, 1.54) is 0 Å². The Morgan fingerprint density at radius 2 is 2.00 bits per heavy atom. The van der Waals surface area contributed by atoms with Gasteiger partial charge in [0, 0.05) is 11.4 Å². The van der Waals surface area contributed by atoms with E-state index in [2.05, 4.69) is 10.0 Å². The highest BCUT2D eigenvalue weighted by Gasteiger charge is 2.21. The summed E-state index contributed by atoms with van der Waals surface area (Å²) in [4.78, 5) is 1.35. The van der Waals surface area contributed by atoms with Crippen molar-refractivity contribution < 1.29 is 8.42 Å². The number of hydrogen-bond acceptors (Lipinski definition) is 4. The predicted molar refractivity (Wildman–Crippen MR) is 87.0 cm³/mol. The summed E-state index contributed by atoms with van der Waals surface area (Å²) in [6, 6.07) is 8.99. The molecule has 0 radical (unpaired) electrons. The largest absolute Gasteiger partial charge is 0.316 e. The van der Waals surface area contributed by atoms with Crippen LogP contribution in [0.15, 0.2) is 40.6 Å². The molecule has 0 saturated heterocycles. The van der Waals surface area contributed by atoms with Gasteiger partial charge in [-0.2, -0.15) is 0 Å². The van der Waals surface area contributed by atoms with Crippen LogP contribution < -0.4 is 10.0 Å². The van der Waals surface area contributed by atoms with Crippen molar-refractivity contribution >= 4 is 21.4 Å². The fraction of sp³-hybridized carbons (Fsp3) is 0.333. The minimum Gasteiger partial charge on any atom is -0.316 e. The van der Waals surface area contributed by atoms with E-state index in [-0.39, 0.29) is 6.04 Å². The van der Waals surface area contributed by atoms with Crippen molar-refractivity contribution in [1.29, 1.82) is 0 Å². The van der Waals surface area contributed by atoms with Gasteiger partial charge in [0.05, 0.1) is 10.9 Å². The average Bonchev–Trinajstić information content (AvgIpc) is 2.94. The highest BCUT2D eigenvalue weighted by Crippen LogP contribution is 2.23. The molecule has 0 amide bonds. The number of nitrogens with one attached hydrogen (secondary N) is 2. The quantitative estimate of drug-likeness (QED) is 0.859. The van der Waals surface area contributed by atoms with E-state index in [0.29, 0.717) is 11.4 Å². The maximum Gasteiger partial charge on any atom is 0.241 e. The van der Waals surface area contributed by atoms with Gasteiger partial charge < -0.3 is 5.32 Å². The zero-order chi connectivity index (χ0) is 15.5. The summed E-state index contributed by atoms with van der Waals surface area (Å²) in [6.45, 7) is 4.35. The Bertz CT molecular complexity index is 694. The zero-order valence-electron chi connectivity index (χ0n) is 12.4. The molecule has 2 aromatic rings. The van der Waals surface area contributed by atoms with E-state index in [4.69, 9.17) is 0 Å². The van der Waals surface area contributed by atoms with Crippen LogP contribution >= 0.6 is 11.3 Å². The van der Waals surface area contributed by atoms with Crippen molar-refractivity contribution in [2.45, 2.75) is 31.3 Å². The lowest BCUT2D eigenvalue weighted by molar-refractivity contribution is 0.567. The predicted octanol–water partition coefficient (Wildman–Crippen LogP) is 2.82. The maximum absolute atomic E-state index is 12.6. The van der Waals surface area contributed by atoms with Crippen molar-refractivity contribution in [3.8, 4) is 0 Å². The van der Waals surface area contributed by atoms with Crippen LogP contribution in [0.2, 0.25) is 0 Å². The second kappa shape index (κ2) is 6.70. The van der Waals surface area contributed by atoms with Crippen molar-refractivity contribution in [2.75, 3.05) is 7.05 Å². The molecule has 0 spiro atoms. The molecular formula is C15H20N2O2S2. The summed E-state index contributed by atoms with van der Waals surface area (Å²) in [6.07, 6.45) is 0. The van der Waals surface area contributed by atoms with E-state index in [1.54, 1.807) is 23.5 Å². The van der Waals surface area contributed by atoms with E-state index in [1.807, 2.05) is 44.5 Å². The third-order valence-electron chi connectivity index (χ3n) is 3.35. The first-order valence-electron chi connectivity index (χ1n) is 6.74. The van der Waals surface area contributed by atoms with E-state index in [9.17, 15) is 8.42 Å². The van der Waals surface area contributed by atoms with Gasteiger partial charge in [-0.1, -0.05) is 18.2 Å². The Labute approximate surface area is 130 Å². The van der Waals surface area contributed by atoms with Crippen LogP contribution in [0.5, 0.6) is 0 Å². The molecule has 6 heteroatoms. The Hall–Kier alpha value is -1.21. The molecule has 1 atom stereocenters. The third kappa shape index (κ3) is 3.71. The van der Waals surface area contributed by atoms with Gasteiger partial charge in [-0.05, 0) is 49.5 Å². The number of sulfonamides is 1. The standard InChI is InChI=1S/C15H20N2O2S2/c1-11-13(10-16-3)6-4-8-15(11)21(18,19)17-12(2)14-7-5-9-20-14/h4-9,12,16-17H,10H2,1-3H3. The molecule has 1 aromatic heterocycles. The fourth-order valence-electron chi connectivity index (χ4n) is 2.22. The monoisotopic (exact) mass is 324 g/mol. The zero-order valence-corrected chi connectivity index (χ0v) is 14.0. The minimum atomic E-state index is -3.53. The lowest BCUT2D eigenvalue weighted by Gasteiger charge is -2.16. The first-order valence-corrected chi connectivity index (χ1v) is 9.11. The second-order valence-corrected chi connectivity index (χ2v) is 7.59. The molecule has 2 N–H and O–H groups in total. The first kappa shape index (κ1) is 16.2. The van der Waals surface area contributed by atoms with Gasteiger partial charge in [-0.15, -0.1) is 11.3 Å². The minimum absolute atomic E-state index is 0.234. The molecule has 0 aliphatic heterocycles. The summed E-state index contributed by atoms with van der Waals surface area (Å²) in [7, 11) is -1.68. The topological polar surface area (TPSA) is 58.2 Å². The van der Waals surface area contributed by atoms with E-state index in [0.717, 1.165) is 16.0 Å². The van der Waals surface area contributed by atoms with Crippen LogP contribution in [-0.2, 0) is 16.6 Å². The molecule has 1 heterocycles. The normalized spacial score (nSPS) is 13.3. The lowest BCUT2D eigenvalue weighted by Crippen LogP contribution is -2.27. The summed E-state index contributed by atoms with van der Waals surface area (Å²) >= 11 is 1.55. The molecule has 21 heavy (non-hydrogen) atoms. The fourth-order valence-corrected chi connectivity index (χ4v) is 4.55. The van der Waals surface area contributed by atoms with Gasteiger partial charge in [-0.25, -0.2) is 13.1 Å². The molecule has 1 unspecified atom stereocenters. The molecule has 0 fully saturated rings. The van der Waals surface area contributed by atoms with Crippen LogP contribution in [0, 0.1) is 6.92 Å². The first-order chi connectivity index (χ1) is 9.95. The molecule has 1 aromatic carbocycles. The van der Waals surface area contributed by atoms with Gasteiger partial charge in [0.15, 0.2) is 0 Å². The molecule has 4 nitrogen and oxygen atoms in total. The van der Waals surface area contributed by atoms with E-state index >= 15 is 0 Å². The average molecular weight is 324 g/mol. The van der Waals surface area contributed by atoms with Gasteiger partial charge in [0.1, 0.15) is 0 Å². The van der Waals surface area contributed by atoms with Crippen LogP contribution in [0.25, 0.3) is 0 Å². The number of rotatable bonds is 6. The Kier molecular flexibility index (Phi) is 5.16. The Balaban J connectivity index is 2.29. The summed E-state index contributed by atoms with van der Waals surface area (Å²) < 4.78 is 27.9. The van der Waals surface area contributed by atoms with Crippen LogP contribution in [0.3, 0.4) is 0 Å². The molecule has 0 aliphatic carbocycles. The number of benzene rings is 1. The summed E-state index contributed by atoms with van der Waals surface area (Å²) in [5.41, 5.74) is 1.78. The van der Waals surface area contributed by atoms with Gasteiger partial charge >= 0.3 is 0 Å². The smallest absolute Gasteiger partial charge is 0.241 e. The molecule has 2 rings (SSSR count). The number of hydrogen-bond donors (Lipinski definition) is 2. The molecule has 0 aliphatic rings. The third-order valence-corrected chi connectivity index (χ3v) is 6.10. The van der Waals surface area contributed by atoms with Crippen molar-refractivity contribution in [2.24, 2.45) is 0 Å². The van der Waals surface area contributed by atoms with Crippen LogP contribution in [0.4, 0.5) is 0 Å². The summed E-state index contributed by atoms with van der Waals surface area (Å²) in [5, 5.41) is 5.00. The molecule has 0 saturated carbocycles. The van der Waals surface area contributed by atoms with Crippen molar-refractivity contribution in [1.82, 2.24) is 10.0 Å². The molecule has 0 bridgehead atoms. The van der Waals surface area contributed by atoms with Crippen molar-refractivity contribution in [3.63, 3.8) is 0 Å². The highest BCUT2D eigenvalue weighted by atomic mass is 32.2. The maximum atomic E-state index is 12.6. The SMILES string of the molecule is CNCc1cccc(S(=O)(=O)NC(C)c2cccs2)c1C. The van der Waals surface area contributed by atoms with Gasteiger partial charge in [0.25, 0.3) is 0 Å². The lowest BCUT2D eigenvalue weighted by atomic mass is 10.1. The Morgan fingerprint density at radius 3 is 2.62 bits per heavy atom. The van der Waals surface area contributed by atoms with Crippen LogP contribution in [0.1, 0.15) is 29.0 Å². The second-order valence-electron chi connectivity index (χ2n) is 4.93. The van der Waals surface area contributed by atoms with Crippen LogP contribution in [-0.4, -0.2) is 15.5 Å².